The number of hydrogen-bond acceptors (Lipinski definition) is 5. The maximum atomic E-state index is 14.8. The molecule has 1 aromatic carbocycles. The second-order valence-corrected chi connectivity index (χ2v) is 6.34. The average Bonchev–Trinajstić information content (AvgIpc) is 2.67. The van der Waals surface area contributed by atoms with Gasteiger partial charge in [0.2, 0.25) is 0 Å². The van der Waals surface area contributed by atoms with Gasteiger partial charge in [-0.25, -0.2) is 14.4 Å². The van der Waals surface area contributed by atoms with E-state index in [0.29, 0.717) is 65.6 Å². The van der Waals surface area contributed by atoms with Crippen molar-refractivity contribution >= 4 is 34.6 Å². The molecule has 0 aliphatic carbocycles. The summed E-state index contributed by atoms with van der Waals surface area (Å²) in [5, 5.41) is 0.676. The second kappa shape index (κ2) is 8.22. The monoisotopic (exact) mass is 366 g/mol. The van der Waals surface area contributed by atoms with E-state index in [-0.39, 0.29) is 5.82 Å². The topological polar surface area (TPSA) is 50.6 Å². The summed E-state index contributed by atoms with van der Waals surface area (Å²) in [7, 11) is 0. The third kappa shape index (κ3) is 3.95. The number of benzene rings is 1. The van der Waals surface area contributed by atoms with Crippen LogP contribution in [0, 0.1) is 5.82 Å². The molecule has 5 nitrogen and oxygen atoms in total. The zero-order valence-electron chi connectivity index (χ0n) is 15.7. The number of aromatic nitrogens is 2. The molecule has 2 heterocycles. The molecule has 140 valence electrons. The number of morpholine rings is 1. The summed E-state index contributed by atoms with van der Waals surface area (Å²) in [6.07, 6.45) is 5.29. The van der Waals surface area contributed by atoms with Crippen LogP contribution in [0.1, 0.15) is 25.2 Å². The van der Waals surface area contributed by atoms with Gasteiger partial charge in [-0.15, -0.1) is 0 Å². The van der Waals surface area contributed by atoms with Crippen LogP contribution in [0.25, 0.3) is 22.0 Å². The summed E-state index contributed by atoms with van der Waals surface area (Å²) < 4.78 is 20.2. The van der Waals surface area contributed by atoms with E-state index in [9.17, 15) is 4.39 Å². The number of fused-ring (bicyclic) bond motifs is 1. The summed E-state index contributed by atoms with van der Waals surface area (Å²) in [6, 6.07) is 3.23. The number of halogens is 1. The fraction of sp³-hybridized carbons (Fsp3) is 0.286. The lowest BCUT2D eigenvalue weighted by Gasteiger charge is -2.29. The van der Waals surface area contributed by atoms with E-state index in [1.54, 1.807) is 13.0 Å². The number of hydrogen-bond donors (Lipinski definition) is 0. The normalized spacial score (nSPS) is 15.5. The Bertz CT molecular complexity index is 943. The molecule has 0 N–H and O–H groups in total. The molecule has 0 unspecified atom stereocenters. The third-order valence-corrected chi connectivity index (χ3v) is 4.44. The molecule has 1 fully saturated rings. The molecule has 6 heteroatoms. The first kappa shape index (κ1) is 18.9. The minimum Gasteiger partial charge on any atom is -0.378 e. The van der Waals surface area contributed by atoms with Gasteiger partial charge in [-0.3, -0.25) is 4.99 Å². The predicted molar refractivity (Wildman–Crippen MR) is 110 cm³/mol. The molecule has 0 spiro atoms. The Labute approximate surface area is 158 Å². The molecule has 3 rings (SSSR count). The fourth-order valence-corrected chi connectivity index (χ4v) is 3.08. The Balaban J connectivity index is 2.24. The first-order valence-corrected chi connectivity index (χ1v) is 8.84. The van der Waals surface area contributed by atoms with Gasteiger partial charge in [-0.1, -0.05) is 18.7 Å². The van der Waals surface area contributed by atoms with Crippen LogP contribution < -0.4 is 4.90 Å². The quantitative estimate of drug-likeness (QED) is 0.586. The van der Waals surface area contributed by atoms with Crippen LogP contribution in [0.4, 0.5) is 10.2 Å². The highest BCUT2D eigenvalue weighted by molar-refractivity contribution is 5.93. The lowest BCUT2D eigenvalue weighted by Crippen LogP contribution is -2.37. The van der Waals surface area contributed by atoms with Gasteiger partial charge in [0, 0.05) is 35.8 Å². The minimum atomic E-state index is -0.335. The van der Waals surface area contributed by atoms with Crippen LogP contribution in [0.15, 0.2) is 42.1 Å². The number of anilines is 1. The molecule has 0 bridgehead atoms. The van der Waals surface area contributed by atoms with Gasteiger partial charge in [-0.05, 0) is 38.3 Å². The Hall–Kier alpha value is -2.86. The zero-order chi connectivity index (χ0) is 19.4. The van der Waals surface area contributed by atoms with Gasteiger partial charge in [0.25, 0.3) is 0 Å². The second-order valence-electron chi connectivity index (χ2n) is 6.34. The van der Waals surface area contributed by atoms with Crippen LogP contribution in [0.2, 0.25) is 0 Å². The molecule has 27 heavy (non-hydrogen) atoms. The summed E-state index contributed by atoms with van der Waals surface area (Å²) in [4.78, 5) is 15.2. The van der Waals surface area contributed by atoms with E-state index < -0.39 is 0 Å². The largest absolute Gasteiger partial charge is 0.378 e. The molecular weight excluding hydrogens is 343 g/mol. The molecule has 2 aromatic rings. The highest BCUT2D eigenvalue weighted by Gasteiger charge is 2.20. The smallest absolute Gasteiger partial charge is 0.161 e. The van der Waals surface area contributed by atoms with E-state index in [4.69, 9.17) is 9.72 Å². The van der Waals surface area contributed by atoms with Gasteiger partial charge in [0.1, 0.15) is 11.6 Å². The summed E-state index contributed by atoms with van der Waals surface area (Å²) in [5.74, 6) is 0.902. The van der Waals surface area contributed by atoms with Crippen molar-refractivity contribution in [2.24, 2.45) is 4.99 Å². The van der Waals surface area contributed by atoms with Crippen molar-refractivity contribution in [2.75, 3.05) is 31.2 Å². The molecule has 0 radical (unpaired) electrons. The summed E-state index contributed by atoms with van der Waals surface area (Å²) in [6.45, 7) is 13.8. The lowest BCUT2D eigenvalue weighted by atomic mass is 10.0. The molecule has 1 aliphatic rings. The number of nitrogens with zero attached hydrogens (tertiary/aromatic N) is 4. The Morgan fingerprint density at radius 3 is 2.70 bits per heavy atom. The molecule has 0 saturated carbocycles. The molecular formula is C21H23FN4O. The van der Waals surface area contributed by atoms with E-state index in [1.165, 1.54) is 12.3 Å². The van der Waals surface area contributed by atoms with E-state index >= 15 is 0 Å². The van der Waals surface area contributed by atoms with Gasteiger partial charge >= 0.3 is 0 Å². The zero-order valence-corrected chi connectivity index (χ0v) is 15.7. The first-order valence-electron chi connectivity index (χ1n) is 8.84. The van der Waals surface area contributed by atoms with E-state index in [0.717, 1.165) is 0 Å². The van der Waals surface area contributed by atoms with Crippen LogP contribution in [0.3, 0.4) is 0 Å². The van der Waals surface area contributed by atoms with Crippen LogP contribution >= 0.6 is 0 Å². The van der Waals surface area contributed by atoms with Crippen molar-refractivity contribution in [3.05, 3.63) is 54.3 Å². The minimum absolute atomic E-state index is 0.335. The Morgan fingerprint density at radius 2 is 2.04 bits per heavy atom. The van der Waals surface area contributed by atoms with Gasteiger partial charge in [-0.2, -0.15) is 0 Å². The molecule has 0 amide bonds. The predicted octanol–water partition coefficient (Wildman–Crippen LogP) is 4.26. The summed E-state index contributed by atoms with van der Waals surface area (Å²) in [5.41, 5.74) is 2.51. The standard InChI is InChI=1S/C21H23FN4O/c1-5-6-14(2)20-24-19-12-16(15(3)13-23-4)18(22)11-17(19)21(25-20)26-7-9-27-10-8-26/h5-6,11-13H,2,4,7-10H2,1,3H3. The van der Waals surface area contributed by atoms with Gasteiger partial charge in [0.15, 0.2) is 5.82 Å². The van der Waals surface area contributed by atoms with Crippen LogP contribution in [-0.2, 0) is 4.74 Å². The average molecular weight is 366 g/mol. The highest BCUT2D eigenvalue weighted by Crippen LogP contribution is 2.31. The molecule has 1 saturated heterocycles. The fourth-order valence-electron chi connectivity index (χ4n) is 3.08. The maximum Gasteiger partial charge on any atom is 0.161 e. The van der Waals surface area contributed by atoms with Crippen molar-refractivity contribution < 1.29 is 9.13 Å². The van der Waals surface area contributed by atoms with Crippen molar-refractivity contribution in [3.63, 3.8) is 0 Å². The van der Waals surface area contributed by atoms with E-state index in [2.05, 4.69) is 28.2 Å². The third-order valence-electron chi connectivity index (χ3n) is 4.44. The lowest BCUT2D eigenvalue weighted by molar-refractivity contribution is 0.122. The summed E-state index contributed by atoms with van der Waals surface area (Å²) >= 11 is 0. The maximum absolute atomic E-state index is 14.8. The Morgan fingerprint density at radius 1 is 1.30 bits per heavy atom. The number of allylic oxidation sites excluding steroid dienone is 4. The van der Waals surface area contributed by atoms with Crippen molar-refractivity contribution in [3.8, 4) is 0 Å². The van der Waals surface area contributed by atoms with Crippen LogP contribution in [0.5, 0.6) is 0 Å². The van der Waals surface area contributed by atoms with Gasteiger partial charge < -0.3 is 9.64 Å². The van der Waals surface area contributed by atoms with E-state index in [1.807, 2.05) is 19.1 Å². The van der Waals surface area contributed by atoms with Crippen molar-refractivity contribution in [1.82, 2.24) is 9.97 Å². The number of rotatable bonds is 5. The van der Waals surface area contributed by atoms with Crippen molar-refractivity contribution in [2.45, 2.75) is 13.8 Å². The SMILES string of the molecule is C=NC=C(C)c1cc2nc(C(=C)C=CC)nc(N3CCOCC3)c2cc1F. The number of ether oxygens (including phenoxy) is 1. The van der Waals surface area contributed by atoms with Crippen molar-refractivity contribution in [1.29, 1.82) is 0 Å². The number of aliphatic imine (C=N–C) groups is 1. The Kier molecular flexibility index (Phi) is 5.76. The molecule has 1 aliphatic heterocycles. The first-order chi connectivity index (χ1) is 13.0. The van der Waals surface area contributed by atoms with Crippen LogP contribution in [-0.4, -0.2) is 43.0 Å². The molecule has 1 aromatic heterocycles. The highest BCUT2D eigenvalue weighted by atomic mass is 19.1. The molecule has 0 atom stereocenters. The van der Waals surface area contributed by atoms with Gasteiger partial charge in [0.05, 0.1) is 18.7 Å².